The molecule has 0 fully saturated rings. The highest BCUT2D eigenvalue weighted by Gasteiger charge is 2.17. The van der Waals surface area contributed by atoms with Crippen molar-refractivity contribution in [1.29, 1.82) is 0 Å². The van der Waals surface area contributed by atoms with E-state index in [1.807, 2.05) is 0 Å². The fourth-order valence-corrected chi connectivity index (χ4v) is 2.94. The Bertz CT molecular complexity index is 505. The van der Waals surface area contributed by atoms with Gasteiger partial charge in [-0.25, -0.2) is 13.1 Å². The van der Waals surface area contributed by atoms with Crippen LogP contribution in [0.1, 0.15) is 13.3 Å². The van der Waals surface area contributed by atoms with E-state index in [-0.39, 0.29) is 10.9 Å². The molecule has 0 aliphatic carbocycles. The third-order valence-corrected chi connectivity index (χ3v) is 4.70. The van der Waals surface area contributed by atoms with Crippen LogP contribution in [-0.4, -0.2) is 28.2 Å². The largest absolute Gasteiger partial charge is 0.398 e. The molecule has 0 bridgehead atoms. The van der Waals surface area contributed by atoms with Crippen molar-refractivity contribution >= 4 is 31.6 Å². The summed E-state index contributed by atoms with van der Waals surface area (Å²) in [6, 6.07) is 4.35. The van der Waals surface area contributed by atoms with Crippen molar-refractivity contribution < 1.29 is 13.2 Å². The van der Waals surface area contributed by atoms with Crippen LogP contribution in [0.5, 0.6) is 0 Å². The molecule has 0 heterocycles. The van der Waals surface area contributed by atoms with Crippen molar-refractivity contribution in [3.63, 3.8) is 0 Å². The summed E-state index contributed by atoms with van der Waals surface area (Å²) in [5, 5.41) is 0. The number of halogens is 1. The average molecular weight is 337 g/mol. The smallest absolute Gasteiger partial charge is 0.240 e. The number of hydrogen-bond donors (Lipinski definition) is 2. The van der Waals surface area contributed by atoms with Gasteiger partial charge in [-0.2, -0.15) is 0 Å². The lowest BCUT2D eigenvalue weighted by molar-refractivity contribution is 0.188. The fourth-order valence-electron chi connectivity index (χ4n) is 1.38. The molecule has 0 spiro atoms. The standard InChI is InChI=1S/C11H17BrN2O3S/c1-8(5-6-17-2)14-18(15,16)9-3-4-10(12)11(13)7-9/h3-4,7-8,14H,5-6,13H2,1-2H3. The molecule has 0 aliphatic rings. The summed E-state index contributed by atoms with van der Waals surface area (Å²) < 4.78 is 32.2. The first kappa shape index (κ1) is 15.4. The normalized spacial score (nSPS) is 13.5. The van der Waals surface area contributed by atoms with Crippen LogP contribution in [0.25, 0.3) is 0 Å². The molecule has 1 aromatic rings. The Morgan fingerprint density at radius 2 is 2.17 bits per heavy atom. The molecule has 7 heteroatoms. The Hall–Kier alpha value is -0.630. The average Bonchev–Trinajstić information content (AvgIpc) is 2.29. The lowest BCUT2D eigenvalue weighted by Gasteiger charge is -2.14. The van der Waals surface area contributed by atoms with Gasteiger partial charge in [-0.05, 0) is 47.5 Å². The van der Waals surface area contributed by atoms with Crippen molar-refractivity contribution in [1.82, 2.24) is 4.72 Å². The van der Waals surface area contributed by atoms with E-state index in [2.05, 4.69) is 20.7 Å². The van der Waals surface area contributed by atoms with Crippen LogP contribution in [0.4, 0.5) is 5.69 Å². The SMILES string of the molecule is COCCC(C)NS(=O)(=O)c1ccc(Br)c(N)c1. The number of anilines is 1. The van der Waals surface area contributed by atoms with E-state index in [0.717, 1.165) is 0 Å². The van der Waals surface area contributed by atoms with E-state index in [1.54, 1.807) is 20.1 Å². The molecule has 18 heavy (non-hydrogen) atoms. The van der Waals surface area contributed by atoms with Gasteiger partial charge in [0.25, 0.3) is 0 Å². The van der Waals surface area contributed by atoms with Crippen molar-refractivity contribution in [2.45, 2.75) is 24.3 Å². The van der Waals surface area contributed by atoms with Gasteiger partial charge in [0, 0.05) is 29.9 Å². The highest BCUT2D eigenvalue weighted by atomic mass is 79.9. The second kappa shape index (κ2) is 6.51. The summed E-state index contributed by atoms with van der Waals surface area (Å²) in [7, 11) is -1.96. The lowest BCUT2D eigenvalue weighted by Crippen LogP contribution is -2.33. The maximum Gasteiger partial charge on any atom is 0.240 e. The third-order valence-electron chi connectivity index (χ3n) is 2.39. The number of nitrogens with one attached hydrogen (secondary N) is 1. The topological polar surface area (TPSA) is 81.4 Å². The molecule has 1 aromatic carbocycles. The second-order valence-electron chi connectivity index (χ2n) is 3.99. The molecule has 5 nitrogen and oxygen atoms in total. The number of ether oxygens (including phenoxy) is 1. The van der Waals surface area contributed by atoms with Gasteiger partial charge in [0.2, 0.25) is 10.0 Å². The summed E-state index contributed by atoms with van der Waals surface area (Å²) in [6.45, 7) is 2.30. The fraction of sp³-hybridized carbons (Fsp3) is 0.455. The zero-order chi connectivity index (χ0) is 13.8. The van der Waals surface area contributed by atoms with Gasteiger partial charge in [0.15, 0.2) is 0 Å². The molecule has 0 aliphatic heterocycles. The van der Waals surface area contributed by atoms with Crippen LogP contribution in [0.3, 0.4) is 0 Å². The molecule has 1 rings (SSSR count). The van der Waals surface area contributed by atoms with Crippen LogP contribution >= 0.6 is 15.9 Å². The van der Waals surface area contributed by atoms with Gasteiger partial charge in [-0.3, -0.25) is 0 Å². The molecule has 0 saturated carbocycles. The maximum absolute atomic E-state index is 12.0. The van der Waals surface area contributed by atoms with Gasteiger partial charge < -0.3 is 10.5 Å². The number of rotatable bonds is 6. The summed E-state index contributed by atoms with van der Waals surface area (Å²) in [4.78, 5) is 0.160. The highest BCUT2D eigenvalue weighted by Crippen LogP contribution is 2.22. The molecule has 1 unspecified atom stereocenters. The van der Waals surface area contributed by atoms with Crippen molar-refractivity contribution in [3.05, 3.63) is 22.7 Å². The highest BCUT2D eigenvalue weighted by molar-refractivity contribution is 9.10. The number of nitrogen functional groups attached to an aromatic ring is 1. The second-order valence-corrected chi connectivity index (χ2v) is 6.56. The van der Waals surface area contributed by atoms with Crippen LogP contribution in [0, 0.1) is 0 Å². The minimum absolute atomic E-state index is 0.160. The molecular weight excluding hydrogens is 320 g/mol. The van der Waals surface area contributed by atoms with E-state index in [0.29, 0.717) is 23.2 Å². The van der Waals surface area contributed by atoms with Gasteiger partial charge in [-0.1, -0.05) is 0 Å². The Labute approximate surface area is 116 Å². The van der Waals surface area contributed by atoms with Gasteiger partial charge in [0.05, 0.1) is 4.90 Å². The number of benzene rings is 1. The molecule has 102 valence electrons. The molecular formula is C11H17BrN2O3S. The Morgan fingerprint density at radius 3 is 2.72 bits per heavy atom. The van der Waals surface area contributed by atoms with Crippen molar-refractivity contribution in [2.75, 3.05) is 19.5 Å². The van der Waals surface area contributed by atoms with Crippen LogP contribution in [0.15, 0.2) is 27.6 Å². The first-order valence-corrected chi connectivity index (χ1v) is 7.70. The molecule has 0 saturated heterocycles. The minimum atomic E-state index is -3.54. The lowest BCUT2D eigenvalue weighted by atomic mass is 10.3. The van der Waals surface area contributed by atoms with Crippen molar-refractivity contribution in [2.24, 2.45) is 0 Å². The van der Waals surface area contributed by atoms with Gasteiger partial charge in [0.1, 0.15) is 0 Å². The maximum atomic E-state index is 12.0. The first-order valence-electron chi connectivity index (χ1n) is 5.43. The first-order chi connectivity index (χ1) is 8.36. The van der Waals surface area contributed by atoms with Gasteiger partial charge in [-0.15, -0.1) is 0 Å². The van der Waals surface area contributed by atoms with E-state index in [9.17, 15) is 8.42 Å². The number of nitrogens with two attached hydrogens (primary N) is 1. The number of hydrogen-bond acceptors (Lipinski definition) is 4. The third kappa shape index (κ3) is 4.24. The monoisotopic (exact) mass is 336 g/mol. The predicted octanol–water partition coefficient (Wildman–Crippen LogP) is 1.73. The quantitative estimate of drug-likeness (QED) is 0.775. The zero-order valence-corrected chi connectivity index (χ0v) is 12.7. The van der Waals surface area contributed by atoms with E-state index in [4.69, 9.17) is 10.5 Å². The summed E-state index contributed by atoms with van der Waals surface area (Å²) in [5.41, 5.74) is 6.06. The Kier molecular flexibility index (Phi) is 5.58. The summed E-state index contributed by atoms with van der Waals surface area (Å²) in [6.07, 6.45) is 0.613. The molecule has 0 aromatic heterocycles. The molecule has 1 atom stereocenters. The van der Waals surface area contributed by atoms with Crippen molar-refractivity contribution in [3.8, 4) is 0 Å². The number of methoxy groups -OCH3 is 1. The molecule has 0 amide bonds. The van der Waals surface area contributed by atoms with E-state index < -0.39 is 10.0 Å². The zero-order valence-electron chi connectivity index (χ0n) is 10.3. The van der Waals surface area contributed by atoms with Crippen LogP contribution in [-0.2, 0) is 14.8 Å². The number of sulfonamides is 1. The Balaban J connectivity index is 2.83. The molecule has 3 N–H and O–H groups in total. The summed E-state index contributed by atoms with van der Waals surface area (Å²) >= 11 is 3.22. The summed E-state index contributed by atoms with van der Waals surface area (Å²) in [5.74, 6) is 0. The van der Waals surface area contributed by atoms with Crippen LogP contribution < -0.4 is 10.5 Å². The van der Waals surface area contributed by atoms with E-state index in [1.165, 1.54) is 12.1 Å². The predicted molar refractivity (Wildman–Crippen MR) is 74.8 cm³/mol. The minimum Gasteiger partial charge on any atom is -0.398 e. The van der Waals surface area contributed by atoms with Gasteiger partial charge >= 0.3 is 0 Å². The molecule has 0 radical (unpaired) electrons. The van der Waals surface area contributed by atoms with E-state index >= 15 is 0 Å². The van der Waals surface area contributed by atoms with Crippen LogP contribution in [0.2, 0.25) is 0 Å². The Morgan fingerprint density at radius 1 is 1.50 bits per heavy atom.